The monoisotopic (exact) mass is 401 g/mol. The third-order valence-corrected chi connectivity index (χ3v) is 4.99. The van der Waals surface area contributed by atoms with Gasteiger partial charge in [-0.2, -0.15) is 0 Å². The Balaban J connectivity index is 1.53. The van der Waals surface area contributed by atoms with Crippen molar-refractivity contribution in [1.82, 2.24) is 5.32 Å². The summed E-state index contributed by atoms with van der Waals surface area (Å²) in [6.45, 7) is 6.04. The minimum absolute atomic E-state index is 0.0786. The number of benzene rings is 3. The average molecular weight is 402 g/mol. The molecule has 0 aromatic heterocycles. The number of para-hydroxylation sites is 1. The maximum Gasteiger partial charge on any atom is 0.251 e. The van der Waals surface area contributed by atoms with Gasteiger partial charge in [0.1, 0.15) is 0 Å². The summed E-state index contributed by atoms with van der Waals surface area (Å²) in [5.41, 5.74) is 5.32. The third kappa shape index (κ3) is 5.47. The van der Waals surface area contributed by atoms with Crippen LogP contribution in [0.25, 0.3) is 0 Å². The summed E-state index contributed by atoms with van der Waals surface area (Å²) in [7, 11) is 0. The number of nitrogens with one attached hydrogen (secondary N) is 3. The molecule has 30 heavy (non-hydrogen) atoms. The van der Waals surface area contributed by atoms with E-state index < -0.39 is 0 Å². The van der Waals surface area contributed by atoms with E-state index in [9.17, 15) is 9.59 Å². The first kappa shape index (κ1) is 21.1. The SMILES string of the molecule is Cc1cccc(C)c1NC(=O)CNc1ccc(C(=O)NC(C)c2ccccc2)cc1. The number of aryl methyl sites for hydroxylation is 2. The van der Waals surface area contributed by atoms with Gasteiger partial charge in [0.2, 0.25) is 5.91 Å². The number of carbonyl (C=O) groups is 2. The molecule has 0 aliphatic rings. The van der Waals surface area contributed by atoms with E-state index in [1.165, 1.54) is 0 Å². The first-order valence-corrected chi connectivity index (χ1v) is 10.00. The molecule has 3 N–H and O–H groups in total. The lowest BCUT2D eigenvalue weighted by molar-refractivity contribution is -0.114. The largest absolute Gasteiger partial charge is 0.376 e. The molecule has 0 aliphatic heterocycles. The van der Waals surface area contributed by atoms with Crippen LogP contribution < -0.4 is 16.0 Å². The molecule has 3 aromatic carbocycles. The predicted octanol–water partition coefficient (Wildman–Crippen LogP) is 4.85. The van der Waals surface area contributed by atoms with Gasteiger partial charge >= 0.3 is 0 Å². The molecule has 1 unspecified atom stereocenters. The van der Waals surface area contributed by atoms with E-state index in [0.717, 1.165) is 28.1 Å². The molecule has 0 saturated heterocycles. The van der Waals surface area contributed by atoms with Crippen molar-refractivity contribution in [3.63, 3.8) is 0 Å². The van der Waals surface area contributed by atoms with Crippen LogP contribution in [0.3, 0.4) is 0 Å². The number of carbonyl (C=O) groups excluding carboxylic acids is 2. The van der Waals surface area contributed by atoms with Gasteiger partial charge in [-0.3, -0.25) is 9.59 Å². The van der Waals surface area contributed by atoms with Crippen LogP contribution in [0.5, 0.6) is 0 Å². The minimum atomic E-state index is -0.134. The van der Waals surface area contributed by atoms with Crippen LogP contribution in [0.4, 0.5) is 11.4 Å². The first-order chi connectivity index (χ1) is 14.4. The Hall–Kier alpha value is -3.60. The van der Waals surface area contributed by atoms with Crippen molar-refractivity contribution in [1.29, 1.82) is 0 Å². The zero-order chi connectivity index (χ0) is 21.5. The van der Waals surface area contributed by atoms with Crippen molar-refractivity contribution in [3.05, 3.63) is 95.1 Å². The molecule has 5 heteroatoms. The van der Waals surface area contributed by atoms with Gasteiger partial charge in [0.05, 0.1) is 12.6 Å². The molecule has 5 nitrogen and oxygen atoms in total. The molecule has 1 atom stereocenters. The summed E-state index contributed by atoms with van der Waals surface area (Å²) in [4.78, 5) is 24.8. The lowest BCUT2D eigenvalue weighted by atomic mass is 10.1. The molecule has 3 aromatic rings. The number of rotatable bonds is 7. The summed E-state index contributed by atoms with van der Waals surface area (Å²) < 4.78 is 0. The molecule has 154 valence electrons. The maximum absolute atomic E-state index is 12.5. The Kier molecular flexibility index (Phi) is 6.86. The quantitative estimate of drug-likeness (QED) is 0.530. The van der Waals surface area contributed by atoms with E-state index in [1.54, 1.807) is 24.3 Å². The topological polar surface area (TPSA) is 70.2 Å². The lowest BCUT2D eigenvalue weighted by Crippen LogP contribution is -2.26. The summed E-state index contributed by atoms with van der Waals surface area (Å²) >= 11 is 0. The predicted molar refractivity (Wildman–Crippen MR) is 122 cm³/mol. The Morgan fingerprint density at radius 3 is 2.10 bits per heavy atom. The fraction of sp³-hybridized carbons (Fsp3) is 0.200. The van der Waals surface area contributed by atoms with Crippen LogP contribution in [-0.2, 0) is 4.79 Å². The zero-order valence-corrected chi connectivity index (χ0v) is 17.5. The van der Waals surface area contributed by atoms with E-state index in [2.05, 4.69) is 16.0 Å². The van der Waals surface area contributed by atoms with Crippen molar-refractivity contribution in [3.8, 4) is 0 Å². The van der Waals surface area contributed by atoms with E-state index in [1.807, 2.05) is 69.3 Å². The van der Waals surface area contributed by atoms with Crippen LogP contribution in [0.2, 0.25) is 0 Å². The Morgan fingerprint density at radius 1 is 0.833 bits per heavy atom. The van der Waals surface area contributed by atoms with E-state index in [0.29, 0.717) is 5.56 Å². The van der Waals surface area contributed by atoms with Crippen molar-refractivity contribution in [2.45, 2.75) is 26.8 Å². The van der Waals surface area contributed by atoms with Crippen LogP contribution in [0.15, 0.2) is 72.8 Å². The van der Waals surface area contributed by atoms with E-state index >= 15 is 0 Å². The van der Waals surface area contributed by atoms with Gasteiger partial charge in [-0.05, 0) is 61.7 Å². The molecule has 0 bridgehead atoms. The summed E-state index contributed by atoms with van der Waals surface area (Å²) in [5.74, 6) is -0.253. The molecule has 0 saturated carbocycles. The molecule has 0 aliphatic carbocycles. The van der Waals surface area contributed by atoms with Crippen LogP contribution in [0.1, 0.15) is 40.0 Å². The van der Waals surface area contributed by atoms with E-state index in [4.69, 9.17) is 0 Å². The molecule has 3 rings (SSSR count). The average Bonchev–Trinajstić information content (AvgIpc) is 2.76. The van der Waals surface area contributed by atoms with E-state index in [-0.39, 0.29) is 24.4 Å². The fourth-order valence-electron chi connectivity index (χ4n) is 3.22. The zero-order valence-electron chi connectivity index (χ0n) is 17.5. The smallest absolute Gasteiger partial charge is 0.251 e. The second-order valence-electron chi connectivity index (χ2n) is 7.35. The second kappa shape index (κ2) is 9.74. The highest BCUT2D eigenvalue weighted by Crippen LogP contribution is 2.19. The summed E-state index contributed by atoms with van der Waals surface area (Å²) in [5, 5.41) is 9.04. The molecule has 0 radical (unpaired) electrons. The lowest BCUT2D eigenvalue weighted by Gasteiger charge is -2.15. The van der Waals surface area contributed by atoms with Gasteiger partial charge in [-0.1, -0.05) is 48.5 Å². The van der Waals surface area contributed by atoms with Crippen LogP contribution >= 0.6 is 0 Å². The van der Waals surface area contributed by atoms with Gasteiger partial charge in [0, 0.05) is 16.9 Å². The van der Waals surface area contributed by atoms with Crippen molar-refractivity contribution in [2.24, 2.45) is 0 Å². The summed E-state index contributed by atoms with van der Waals surface area (Å²) in [6.07, 6.45) is 0. The van der Waals surface area contributed by atoms with Crippen molar-refractivity contribution < 1.29 is 9.59 Å². The van der Waals surface area contributed by atoms with Gasteiger partial charge in [0.25, 0.3) is 5.91 Å². The van der Waals surface area contributed by atoms with Crippen molar-refractivity contribution in [2.75, 3.05) is 17.2 Å². The van der Waals surface area contributed by atoms with Crippen LogP contribution in [0, 0.1) is 13.8 Å². The Labute approximate surface area is 177 Å². The molecule has 2 amide bonds. The third-order valence-electron chi connectivity index (χ3n) is 4.99. The normalized spacial score (nSPS) is 11.4. The minimum Gasteiger partial charge on any atom is -0.376 e. The maximum atomic E-state index is 12.5. The fourth-order valence-corrected chi connectivity index (χ4v) is 3.22. The summed E-state index contributed by atoms with van der Waals surface area (Å²) in [6, 6.07) is 22.8. The standard InChI is InChI=1S/C25H27N3O2/c1-17-8-7-9-18(2)24(17)28-23(29)16-26-22-14-12-21(13-15-22)25(30)27-19(3)20-10-5-4-6-11-20/h4-15,19,26H,16H2,1-3H3,(H,27,30)(H,28,29). The molecule has 0 fully saturated rings. The number of anilines is 2. The number of hydrogen-bond acceptors (Lipinski definition) is 3. The molecule has 0 spiro atoms. The van der Waals surface area contributed by atoms with Crippen molar-refractivity contribution >= 4 is 23.2 Å². The van der Waals surface area contributed by atoms with Gasteiger partial charge in [-0.15, -0.1) is 0 Å². The van der Waals surface area contributed by atoms with Gasteiger partial charge < -0.3 is 16.0 Å². The first-order valence-electron chi connectivity index (χ1n) is 10.00. The highest BCUT2D eigenvalue weighted by molar-refractivity contribution is 5.96. The molecular formula is C25H27N3O2. The highest BCUT2D eigenvalue weighted by atomic mass is 16.2. The second-order valence-corrected chi connectivity index (χ2v) is 7.35. The van der Waals surface area contributed by atoms with Gasteiger partial charge in [-0.25, -0.2) is 0 Å². The number of amides is 2. The van der Waals surface area contributed by atoms with Crippen LogP contribution in [-0.4, -0.2) is 18.4 Å². The Bertz CT molecular complexity index is 994. The molecular weight excluding hydrogens is 374 g/mol. The van der Waals surface area contributed by atoms with Gasteiger partial charge in [0.15, 0.2) is 0 Å². The highest BCUT2D eigenvalue weighted by Gasteiger charge is 2.11. The number of hydrogen-bond donors (Lipinski definition) is 3. The molecule has 0 heterocycles. The Morgan fingerprint density at radius 2 is 1.47 bits per heavy atom.